The highest BCUT2D eigenvalue weighted by atomic mass is 19.4. The first-order valence-corrected chi connectivity index (χ1v) is 7.72. The van der Waals surface area contributed by atoms with Crippen LogP contribution in [0.1, 0.15) is 37.7 Å². The van der Waals surface area contributed by atoms with Gasteiger partial charge < -0.3 is 10.2 Å². The molecule has 0 spiro atoms. The zero-order valence-corrected chi connectivity index (χ0v) is 12.2. The van der Waals surface area contributed by atoms with Gasteiger partial charge in [0.25, 0.3) is 0 Å². The molecule has 1 saturated carbocycles. The van der Waals surface area contributed by atoms with E-state index in [0.29, 0.717) is 5.69 Å². The van der Waals surface area contributed by atoms with Crippen LogP contribution in [0.15, 0.2) is 18.2 Å². The number of anilines is 2. The van der Waals surface area contributed by atoms with Crippen LogP contribution in [0.5, 0.6) is 0 Å². The average molecular weight is 312 g/mol. The van der Waals surface area contributed by atoms with E-state index in [1.54, 1.807) is 0 Å². The summed E-state index contributed by atoms with van der Waals surface area (Å²) in [7, 11) is 0. The third kappa shape index (κ3) is 3.36. The molecule has 3 rings (SSSR count). The third-order valence-corrected chi connectivity index (χ3v) is 4.23. The average Bonchev–Trinajstić information content (AvgIpc) is 3.32. The minimum absolute atomic E-state index is 0.0382. The quantitative estimate of drug-likeness (QED) is 0.913. The van der Waals surface area contributed by atoms with E-state index < -0.39 is 11.7 Å². The lowest BCUT2D eigenvalue weighted by atomic mass is 10.1. The number of benzene rings is 1. The number of rotatable bonds is 3. The van der Waals surface area contributed by atoms with E-state index in [1.165, 1.54) is 6.07 Å². The second-order valence-electron chi connectivity index (χ2n) is 6.04. The molecule has 6 heteroatoms. The highest BCUT2D eigenvalue weighted by Crippen LogP contribution is 2.38. The van der Waals surface area contributed by atoms with Gasteiger partial charge in [0, 0.05) is 19.0 Å². The molecule has 0 radical (unpaired) electrons. The molecular weight excluding hydrogens is 293 g/mol. The fourth-order valence-corrected chi connectivity index (χ4v) is 2.80. The SMILES string of the molecule is O=C(Nc1cc(C(F)(F)F)ccc1N1CCCCC1)C1CC1. The van der Waals surface area contributed by atoms with Crippen molar-refractivity contribution < 1.29 is 18.0 Å². The number of alkyl halides is 3. The Labute approximate surface area is 127 Å². The maximum absolute atomic E-state index is 12.9. The van der Waals surface area contributed by atoms with E-state index in [1.807, 2.05) is 0 Å². The minimum Gasteiger partial charge on any atom is -0.370 e. The second-order valence-corrected chi connectivity index (χ2v) is 6.04. The van der Waals surface area contributed by atoms with E-state index in [-0.39, 0.29) is 17.5 Å². The second kappa shape index (κ2) is 5.82. The number of carbonyl (C=O) groups is 1. The number of halogens is 3. The first-order chi connectivity index (χ1) is 10.4. The Hall–Kier alpha value is -1.72. The molecule has 1 amide bonds. The van der Waals surface area contributed by atoms with Crippen molar-refractivity contribution in [3.8, 4) is 0 Å². The Balaban J connectivity index is 1.90. The first kappa shape index (κ1) is 15.2. The Kier molecular flexibility index (Phi) is 4.02. The maximum Gasteiger partial charge on any atom is 0.416 e. The predicted octanol–water partition coefficient (Wildman–Crippen LogP) is 4.04. The van der Waals surface area contributed by atoms with E-state index in [0.717, 1.165) is 57.3 Å². The molecule has 1 aromatic carbocycles. The summed E-state index contributed by atoms with van der Waals surface area (Å²) in [6, 6.07) is 3.64. The lowest BCUT2D eigenvalue weighted by Gasteiger charge is -2.31. The van der Waals surface area contributed by atoms with Crippen LogP contribution in [0.3, 0.4) is 0 Å². The molecule has 2 fully saturated rings. The van der Waals surface area contributed by atoms with Gasteiger partial charge in [0.15, 0.2) is 0 Å². The van der Waals surface area contributed by atoms with Crippen LogP contribution in [0.25, 0.3) is 0 Å². The van der Waals surface area contributed by atoms with E-state index in [2.05, 4.69) is 10.2 Å². The molecule has 2 aliphatic rings. The number of amides is 1. The molecular formula is C16H19F3N2O. The summed E-state index contributed by atoms with van der Waals surface area (Å²) in [4.78, 5) is 14.0. The summed E-state index contributed by atoms with van der Waals surface area (Å²) in [5.74, 6) is -0.207. The van der Waals surface area contributed by atoms with Crippen LogP contribution in [0, 0.1) is 5.92 Å². The molecule has 1 saturated heterocycles. The van der Waals surface area contributed by atoms with Crippen molar-refractivity contribution in [3.05, 3.63) is 23.8 Å². The van der Waals surface area contributed by atoms with Crippen molar-refractivity contribution in [2.45, 2.75) is 38.3 Å². The molecule has 1 aliphatic heterocycles. The van der Waals surface area contributed by atoms with Crippen molar-refractivity contribution >= 4 is 17.3 Å². The molecule has 1 N–H and O–H groups in total. The van der Waals surface area contributed by atoms with Gasteiger partial charge in [0.05, 0.1) is 16.9 Å². The summed E-state index contributed by atoms with van der Waals surface area (Å²) in [6.07, 6.45) is 0.433. The molecule has 0 bridgehead atoms. The van der Waals surface area contributed by atoms with Crippen molar-refractivity contribution in [3.63, 3.8) is 0 Å². The highest BCUT2D eigenvalue weighted by Gasteiger charge is 2.33. The topological polar surface area (TPSA) is 32.3 Å². The lowest BCUT2D eigenvalue weighted by Crippen LogP contribution is -2.30. The number of piperidine rings is 1. The molecule has 1 aromatic rings. The number of hydrogen-bond donors (Lipinski definition) is 1. The Bertz CT molecular complexity index is 561. The van der Waals surface area contributed by atoms with Gasteiger partial charge in [-0.3, -0.25) is 4.79 Å². The van der Waals surface area contributed by atoms with Gasteiger partial charge in [0.1, 0.15) is 0 Å². The van der Waals surface area contributed by atoms with Gasteiger partial charge in [-0.25, -0.2) is 0 Å². The monoisotopic (exact) mass is 312 g/mol. The molecule has 0 atom stereocenters. The predicted molar refractivity (Wildman–Crippen MR) is 78.9 cm³/mol. The number of nitrogens with one attached hydrogen (secondary N) is 1. The van der Waals surface area contributed by atoms with Gasteiger partial charge in [-0.05, 0) is 50.3 Å². The number of nitrogens with zero attached hydrogens (tertiary/aromatic N) is 1. The van der Waals surface area contributed by atoms with E-state index >= 15 is 0 Å². The van der Waals surface area contributed by atoms with Crippen LogP contribution in [-0.2, 0) is 11.0 Å². The number of carbonyl (C=O) groups excluding carboxylic acids is 1. The highest BCUT2D eigenvalue weighted by molar-refractivity contribution is 5.97. The molecule has 1 heterocycles. The van der Waals surface area contributed by atoms with Crippen LogP contribution >= 0.6 is 0 Å². The van der Waals surface area contributed by atoms with Crippen molar-refractivity contribution in [1.29, 1.82) is 0 Å². The summed E-state index contributed by atoms with van der Waals surface area (Å²) in [5.41, 5.74) is 0.259. The standard InChI is InChI=1S/C16H19F3N2O/c17-16(18,19)12-6-7-14(21-8-2-1-3-9-21)13(10-12)20-15(22)11-4-5-11/h6-7,10-11H,1-5,8-9H2,(H,20,22). The zero-order valence-electron chi connectivity index (χ0n) is 12.2. The Morgan fingerprint density at radius 2 is 1.82 bits per heavy atom. The van der Waals surface area contributed by atoms with Crippen LogP contribution in [0.4, 0.5) is 24.5 Å². The molecule has 120 valence electrons. The maximum atomic E-state index is 12.9. The van der Waals surface area contributed by atoms with Crippen molar-refractivity contribution in [2.24, 2.45) is 5.92 Å². The van der Waals surface area contributed by atoms with Gasteiger partial charge in [-0.2, -0.15) is 13.2 Å². The van der Waals surface area contributed by atoms with Crippen molar-refractivity contribution in [2.75, 3.05) is 23.3 Å². The molecule has 0 unspecified atom stereocenters. The normalized spacial score (nSPS) is 19.1. The van der Waals surface area contributed by atoms with Crippen LogP contribution < -0.4 is 10.2 Å². The summed E-state index contributed by atoms with van der Waals surface area (Å²) >= 11 is 0. The lowest BCUT2D eigenvalue weighted by molar-refractivity contribution is -0.137. The molecule has 1 aliphatic carbocycles. The fraction of sp³-hybridized carbons (Fsp3) is 0.562. The van der Waals surface area contributed by atoms with Gasteiger partial charge in [-0.15, -0.1) is 0 Å². The van der Waals surface area contributed by atoms with Gasteiger partial charge in [-0.1, -0.05) is 0 Å². The smallest absolute Gasteiger partial charge is 0.370 e. The summed E-state index contributed by atoms with van der Waals surface area (Å²) in [5, 5.41) is 2.70. The van der Waals surface area contributed by atoms with Crippen molar-refractivity contribution in [1.82, 2.24) is 0 Å². The Morgan fingerprint density at radius 3 is 2.41 bits per heavy atom. The molecule has 0 aromatic heterocycles. The summed E-state index contributed by atoms with van der Waals surface area (Å²) < 4.78 is 38.8. The van der Waals surface area contributed by atoms with Gasteiger partial charge in [0.2, 0.25) is 5.91 Å². The minimum atomic E-state index is -4.40. The third-order valence-electron chi connectivity index (χ3n) is 4.23. The first-order valence-electron chi connectivity index (χ1n) is 7.72. The van der Waals surface area contributed by atoms with Crippen LogP contribution in [-0.4, -0.2) is 19.0 Å². The number of hydrogen-bond acceptors (Lipinski definition) is 2. The van der Waals surface area contributed by atoms with Crippen LogP contribution in [0.2, 0.25) is 0 Å². The largest absolute Gasteiger partial charge is 0.416 e. The van der Waals surface area contributed by atoms with E-state index in [4.69, 9.17) is 0 Å². The van der Waals surface area contributed by atoms with Gasteiger partial charge >= 0.3 is 6.18 Å². The Morgan fingerprint density at radius 1 is 1.14 bits per heavy atom. The zero-order chi connectivity index (χ0) is 15.7. The van der Waals surface area contributed by atoms with E-state index in [9.17, 15) is 18.0 Å². The molecule has 3 nitrogen and oxygen atoms in total. The molecule has 22 heavy (non-hydrogen) atoms. The fourth-order valence-electron chi connectivity index (χ4n) is 2.80. The summed E-state index contributed by atoms with van der Waals surface area (Å²) in [6.45, 7) is 1.63.